The molecule has 1 amide bonds. The number of esters is 1. The minimum absolute atomic E-state index is 0.00496. The number of fused-ring (bicyclic) bond motifs is 1. The van der Waals surface area contributed by atoms with Gasteiger partial charge in [0.1, 0.15) is 6.54 Å². The van der Waals surface area contributed by atoms with E-state index in [4.69, 9.17) is 4.74 Å². The van der Waals surface area contributed by atoms with Crippen molar-refractivity contribution in [2.45, 2.75) is 20.4 Å². The molecule has 0 aliphatic carbocycles. The number of amides is 1. The summed E-state index contributed by atoms with van der Waals surface area (Å²) >= 11 is 4.75. The van der Waals surface area contributed by atoms with Gasteiger partial charge in [-0.3, -0.25) is 9.59 Å². The molecule has 0 aliphatic rings. The molecular formula is C19H17BrN2O3S. The number of ether oxygens (including phenoxy) is 1. The van der Waals surface area contributed by atoms with Gasteiger partial charge in [0, 0.05) is 10.0 Å². The van der Waals surface area contributed by atoms with Gasteiger partial charge in [-0.15, -0.1) is 0 Å². The van der Waals surface area contributed by atoms with Crippen molar-refractivity contribution in [1.82, 2.24) is 4.57 Å². The molecule has 1 heterocycles. The van der Waals surface area contributed by atoms with Crippen LogP contribution in [0.5, 0.6) is 0 Å². The maximum atomic E-state index is 12.6. The number of benzene rings is 2. The first-order valence-corrected chi connectivity index (χ1v) is 9.52. The van der Waals surface area contributed by atoms with Crippen molar-refractivity contribution in [2.75, 3.05) is 7.11 Å². The smallest absolute Gasteiger partial charge is 0.325 e. The Kier molecular flexibility index (Phi) is 5.38. The SMILES string of the molecule is COC(=O)Cn1c(=NC(=O)c2cccc(Br)c2)sc2cc(C)cc(C)c21. The van der Waals surface area contributed by atoms with Crippen LogP contribution in [0.1, 0.15) is 21.5 Å². The number of methoxy groups -OCH3 is 1. The Bertz CT molecular complexity index is 1080. The molecule has 0 spiro atoms. The Balaban J connectivity index is 2.20. The fourth-order valence-corrected chi connectivity index (χ4v) is 4.39. The number of nitrogens with zero attached hydrogens (tertiary/aromatic N) is 2. The number of aryl methyl sites for hydroxylation is 2. The highest BCUT2D eigenvalue weighted by atomic mass is 79.9. The number of carbonyl (C=O) groups excluding carboxylic acids is 2. The third-order valence-corrected chi connectivity index (χ3v) is 5.41. The second kappa shape index (κ2) is 7.55. The van der Waals surface area contributed by atoms with E-state index in [0.29, 0.717) is 10.4 Å². The lowest BCUT2D eigenvalue weighted by Crippen LogP contribution is -2.22. The van der Waals surface area contributed by atoms with Gasteiger partial charge in [0.2, 0.25) is 0 Å². The molecule has 0 bridgehead atoms. The molecule has 0 N–H and O–H groups in total. The summed E-state index contributed by atoms with van der Waals surface area (Å²) in [4.78, 5) is 29.2. The number of hydrogen-bond acceptors (Lipinski definition) is 4. The largest absolute Gasteiger partial charge is 0.468 e. The van der Waals surface area contributed by atoms with Crippen molar-refractivity contribution in [3.8, 4) is 0 Å². The molecule has 5 nitrogen and oxygen atoms in total. The zero-order valence-corrected chi connectivity index (χ0v) is 17.0. The van der Waals surface area contributed by atoms with Crippen LogP contribution < -0.4 is 4.80 Å². The summed E-state index contributed by atoms with van der Waals surface area (Å²) < 4.78 is 8.34. The molecular weight excluding hydrogens is 416 g/mol. The van der Waals surface area contributed by atoms with Gasteiger partial charge in [-0.2, -0.15) is 4.99 Å². The molecule has 134 valence electrons. The van der Waals surface area contributed by atoms with Crippen molar-refractivity contribution in [3.63, 3.8) is 0 Å². The number of thiazole rings is 1. The molecule has 0 aliphatic heterocycles. The van der Waals surface area contributed by atoms with E-state index in [9.17, 15) is 9.59 Å². The van der Waals surface area contributed by atoms with Gasteiger partial charge in [0.25, 0.3) is 5.91 Å². The van der Waals surface area contributed by atoms with Crippen LogP contribution in [-0.4, -0.2) is 23.6 Å². The molecule has 0 radical (unpaired) electrons. The third-order valence-electron chi connectivity index (χ3n) is 3.90. The molecule has 3 rings (SSSR count). The molecule has 0 unspecified atom stereocenters. The second-order valence-corrected chi connectivity index (χ2v) is 7.83. The number of rotatable bonds is 3. The van der Waals surface area contributed by atoms with E-state index >= 15 is 0 Å². The molecule has 0 fully saturated rings. The monoisotopic (exact) mass is 432 g/mol. The number of carbonyl (C=O) groups is 2. The molecule has 0 saturated carbocycles. The van der Waals surface area contributed by atoms with Crippen LogP contribution in [0, 0.1) is 13.8 Å². The molecule has 0 saturated heterocycles. The fourth-order valence-electron chi connectivity index (χ4n) is 2.79. The Hall–Kier alpha value is -2.25. The van der Waals surface area contributed by atoms with E-state index in [2.05, 4.69) is 20.9 Å². The van der Waals surface area contributed by atoms with Gasteiger partial charge in [-0.05, 0) is 49.2 Å². The second-order valence-electron chi connectivity index (χ2n) is 5.90. The number of hydrogen-bond donors (Lipinski definition) is 0. The molecule has 7 heteroatoms. The number of aromatic nitrogens is 1. The van der Waals surface area contributed by atoms with Crippen LogP contribution in [0.25, 0.3) is 10.2 Å². The highest BCUT2D eigenvalue weighted by Gasteiger charge is 2.14. The number of halogens is 1. The Morgan fingerprint density at radius 1 is 1.23 bits per heavy atom. The summed E-state index contributed by atoms with van der Waals surface area (Å²) in [5, 5.41) is 0. The topological polar surface area (TPSA) is 60.7 Å². The van der Waals surface area contributed by atoms with Crippen LogP contribution in [-0.2, 0) is 16.1 Å². The van der Waals surface area contributed by atoms with Crippen LogP contribution >= 0.6 is 27.3 Å². The third kappa shape index (κ3) is 3.78. The lowest BCUT2D eigenvalue weighted by molar-refractivity contribution is -0.141. The first-order valence-electron chi connectivity index (χ1n) is 7.91. The van der Waals surface area contributed by atoms with E-state index in [0.717, 1.165) is 25.8 Å². The Morgan fingerprint density at radius 2 is 2.00 bits per heavy atom. The fraction of sp³-hybridized carbons (Fsp3) is 0.211. The predicted octanol–water partition coefficient (Wildman–Crippen LogP) is 4.00. The van der Waals surface area contributed by atoms with Crippen molar-refractivity contribution < 1.29 is 14.3 Å². The normalized spacial score (nSPS) is 11.8. The Morgan fingerprint density at radius 3 is 2.69 bits per heavy atom. The predicted molar refractivity (Wildman–Crippen MR) is 105 cm³/mol. The van der Waals surface area contributed by atoms with Gasteiger partial charge in [-0.1, -0.05) is 39.4 Å². The van der Waals surface area contributed by atoms with E-state index in [-0.39, 0.29) is 18.4 Å². The van der Waals surface area contributed by atoms with Crippen molar-refractivity contribution in [3.05, 3.63) is 62.4 Å². The van der Waals surface area contributed by atoms with Crippen LogP contribution in [0.15, 0.2) is 45.9 Å². The van der Waals surface area contributed by atoms with Crippen LogP contribution in [0.2, 0.25) is 0 Å². The highest BCUT2D eigenvalue weighted by Crippen LogP contribution is 2.23. The highest BCUT2D eigenvalue weighted by molar-refractivity contribution is 9.10. The first kappa shape index (κ1) is 18.5. The van der Waals surface area contributed by atoms with Gasteiger partial charge >= 0.3 is 5.97 Å². The molecule has 2 aromatic carbocycles. The van der Waals surface area contributed by atoms with Crippen LogP contribution in [0.4, 0.5) is 0 Å². The van der Waals surface area contributed by atoms with E-state index in [1.165, 1.54) is 18.4 Å². The quantitative estimate of drug-likeness (QED) is 0.587. The average Bonchev–Trinajstić information content (AvgIpc) is 2.91. The summed E-state index contributed by atoms with van der Waals surface area (Å²) in [7, 11) is 1.35. The van der Waals surface area contributed by atoms with E-state index in [1.54, 1.807) is 22.8 Å². The maximum Gasteiger partial charge on any atom is 0.325 e. The molecule has 0 atom stereocenters. The summed E-state index contributed by atoms with van der Waals surface area (Å²) in [6.07, 6.45) is 0. The van der Waals surface area contributed by atoms with Crippen LogP contribution in [0.3, 0.4) is 0 Å². The van der Waals surface area contributed by atoms with E-state index in [1.807, 2.05) is 32.0 Å². The lowest BCUT2D eigenvalue weighted by Gasteiger charge is -2.06. The van der Waals surface area contributed by atoms with Gasteiger partial charge in [-0.25, -0.2) is 0 Å². The van der Waals surface area contributed by atoms with Gasteiger partial charge in [0.15, 0.2) is 4.80 Å². The summed E-state index contributed by atoms with van der Waals surface area (Å²) in [5.74, 6) is -0.744. The molecule has 1 aromatic heterocycles. The van der Waals surface area contributed by atoms with Crippen molar-refractivity contribution in [2.24, 2.45) is 4.99 Å². The van der Waals surface area contributed by atoms with Crippen molar-refractivity contribution >= 4 is 49.4 Å². The summed E-state index contributed by atoms with van der Waals surface area (Å²) in [5.41, 5.74) is 3.52. The summed E-state index contributed by atoms with van der Waals surface area (Å²) in [6.45, 7) is 4.00. The molecule has 26 heavy (non-hydrogen) atoms. The van der Waals surface area contributed by atoms with Gasteiger partial charge in [0.05, 0.1) is 17.3 Å². The maximum absolute atomic E-state index is 12.6. The average molecular weight is 433 g/mol. The van der Waals surface area contributed by atoms with Gasteiger partial charge < -0.3 is 9.30 Å². The first-order chi connectivity index (χ1) is 12.4. The molecule has 3 aromatic rings. The minimum Gasteiger partial charge on any atom is -0.468 e. The van der Waals surface area contributed by atoms with E-state index < -0.39 is 0 Å². The zero-order chi connectivity index (χ0) is 18.8. The standard InChI is InChI=1S/C19H17BrN2O3S/c1-11-7-12(2)17-15(8-11)26-19(22(17)10-16(23)25-3)21-18(24)13-5-4-6-14(20)9-13/h4-9H,10H2,1-3H3. The zero-order valence-electron chi connectivity index (χ0n) is 14.6. The van der Waals surface area contributed by atoms with Crippen molar-refractivity contribution in [1.29, 1.82) is 0 Å². The minimum atomic E-state index is -0.388. The lowest BCUT2D eigenvalue weighted by atomic mass is 10.1. The summed E-state index contributed by atoms with van der Waals surface area (Å²) in [6, 6.07) is 11.1. The Labute approximate surface area is 163 Å².